The van der Waals surface area contributed by atoms with E-state index in [4.69, 9.17) is 0 Å². The van der Waals surface area contributed by atoms with Crippen molar-refractivity contribution < 1.29 is 4.79 Å². The molecule has 5 nitrogen and oxygen atoms in total. The molecule has 0 N–H and O–H groups in total. The van der Waals surface area contributed by atoms with E-state index in [0.29, 0.717) is 4.80 Å². The molecule has 0 radical (unpaired) electrons. The molecule has 4 rings (SSSR count). The van der Waals surface area contributed by atoms with Gasteiger partial charge in [0.2, 0.25) is 0 Å². The van der Waals surface area contributed by atoms with Gasteiger partial charge in [0.25, 0.3) is 5.91 Å². The summed E-state index contributed by atoms with van der Waals surface area (Å²) in [5.41, 5.74) is 2.27. The number of aromatic nitrogens is 3. The van der Waals surface area contributed by atoms with Gasteiger partial charge in [-0.15, -0.1) is 11.3 Å². The van der Waals surface area contributed by atoms with Crippen molar-refractivity contribution >= 4 is 60.8 Å². The number of hydrogen-bond acceptors (Lipinski definition) is 6. The molecule has 0 aliphatic carbocycles. The Balaban J connectivity index is 1.60. The van der Waals surface area contributed by atoms with Crippen LogP contribution in [0.3, 0.4) is 0 Å². The second-order valence-electron chi connectivity index (χ2n) is 5.85. The number of carbonyl (C=O) groups is 1. The summed E-state index contributed by atoms with van der Waals surface area (Å²) < 4.78 is 3.08. The van der Waals surface area contributed by atoms with E-state index in [0.717, 1.165) is 25.5 Å². The number of thioether (sulfide) groups is 1. The minimum Gasteiger partial charge on any atom is -0.319 e. The fraction of sp³-hybridized carbons (Fsp3) is 0.222. The molecule has 0 aliphatic rings. The molecule has 0 saturated carbocycles. The molecule has 3 aromatic heterocycles. The molecule has 0 spiro atoms. The largest absolute Gasteiger partial charge is 0.319 e. The smallest absolute Gasteiger partial charge is 0.258 e. The van der Waals surface area contributed by atoms with Crippen LogP contribution in [0.4, 0.5) is 0 Å². The number of benzene rings is 1. The van der Waals surface area contributed by atoms with Crippen molar-refractivity contribution in [1.29, 1.82) is 0 Å². The fourth-order valence-corrected chi connectivity index (χ4v) is 5.65. The first-order valence-corrected chi connectivity index (χ1v) is 10.6. The third-order valence-electron chi connectivity index (χ3n) is 4.20. The Hall–Kier alpha value is -2.03. The molecule has 4 aromatic rings. The summed E-state index contributed by atoms with van der Waals surface area (Å²) in [6.45, 7) is 4.16. The molecule has 0 fully saturated rings. The summed E-state index contributed by atoms with van der Waals surface area (Å²) in [5, 5.41) is 1.90. The third-order valence-corrected chi connectivity index (χ3v) is 7.40. The lowest BCUT2D eigenvalue weighted by atomic mass is 10.2. The van der Waals surface area contributed by atoms with Crippen molar-refractivity contribution in [2.75, 3.05) is 5.75 Å². The van der Waals surface area contributed by atoms with Crippen LogP contribution in [0.15, 0.2) is 40.6 Å². The summed E-state index contributed by atoms with van der Waals surface area (Å²) in [6, 6.07) is 8.05. The Bertz CT molecular complexity index is 1200. The van der Waals surface area contributed by atoms with Crippen LogP contribution in [0, 0.1) is 13.8 Å². The third kappa shape index (κ3) is 3.08. The highest BCUT2D eigenvalue weighted by molar-refractivity contribution is 8.00. The second-order valence-corrected chi connectivity index (χ2v) is 9.02. The van der Waals surface area contributed by atoms with Gasteiger partial charge in [0, 0.05) is 17.3 Å². The topological polar surface area (TPSA) is 60.1 Å². The predicted molar refractivity (Wildman–Crippen MR) is 109 cm³/mol. The molecule has 0 saturated heterocycles. The maximum Gasteiger partial charge on any atom is 0.258 e. The van der Waals surface area contributed by atoms with E-state index in [-0.39, 0.29) is 11.7 Å². The Morgan fingerprint density at radius 2 is 2.04 bits per heavy atom. The van der Waals surface area contributed by atoms with Crippen LogP contribution in [-0.4, -0.2) is 26.2 Å². The molecule has 0 atom stereocenters. The van der Waals surface area contributed by atoms with Crippen LogP contribution >= 0.6 is 34.4 Å². The predicted octanol–water partition coefficient (Wildman–Crippen LogP) is 4.08. The lowest BCUT2D eigenvalue weighted by molar-refractivity contribution is -0.115. The normalized spacial score (nSPS) is 12.3. The summed E-state index contributed by atoms with van der Waals surface area (Å²) in [7, 11) is 1.93. The molecular weight excluding hydrogens is 384 g/mol. The number of fused-ring (bicyclic) bond motifs is 2. The maximum atomic E-state index is 12.4. The summed E-state index contributed by atoms with van der Waals surface area (Å²) in [4.78, 5) is 28.3. The van der Waals surface area contributed by atoms with Gasteiger partial charge in [-0.05, 0) is 31.5 Å². The molecule has 132 valence electrons. The average molecular weight is 401 g/mol. The first-order chi connectivity index (χ1) is 12.5. The number of thiophene rings is 1. The Kier molecular flexibility index (Phi) is 4.64. The number of para-hydroxylation sites is 1. The van der Waals surface area contributed by atoms with Crippen LogP contribution in [0.1, 0.15) is 10.4 Å². The molecule has 26 heavy (non-hydrogen) atoms. The number of rotatable bonds is 3. The Labute approximate surface area is 162 Å². The molecule has 3 heterocycles. The van der Waals surface area contributed by atoms with Crippen molar-refractivity contribution in [2.45, 2.75) is 18.9 Å². The first kappa shape index (κ1) is 17.4. The lowest BCUT2D eigenvalue weighted by Gasteiger charge is -2.01. The van der Waals surface area contributed by atoms with E-state index >= 15 is 0 Å². The van der Waals surface area contributed by atoms with Crippen molar-refractivity contribution in [3.05, 3.63) is 45.8 Å². The van der Waals surface area contributed by atoms with Gasteiger partial charge >= 0.3 is 0 Å². The highest BCUT2D eigenvalue weighted by Gasteiger charge is 2.13. The van der Waals surface area contributed by atoms with Gasteiger partial charge in [0.05, 0.1) is 16.0 Å². The van der Waals surface area contributed by atoms with Crippen LogP contribution in [-0.2, 0) is 11.8 Å². The van der Waals surface area contributed by atoms with Gasteiger partial charge in [-0.2, -0.15) is 4.99 Å². The first-order valence-electron chi connectivity index (χ1n) is 8.00. The van der Waals surface area contributed by atoms with E-state index in [2.05, 4.69) is 28.8 Å². The zero-order valence-corrected chi connectivity index (χ0v) is 17.0. The molecular formula is C18H16N4OS3. The van der Waals surface area contributed by atoms with E-state index in [1.165, 1.54) is 33.5 Å². The number of nitrogens with zero attached hydrogens (tertiary/aromatic N) is 4. The monoisotopic (exact) mass is 400 g/mol. The number of thiazole rings is 1. The molecule has 1 aromatic carbocycles. The SMILES string of the molecule is Cc1sc2ncnc(SCC(=O)N=c3sc4ccccc4n3C)c2c1C. The Morgan fingerprint density at radius 1 is 1.23 bits per heavy atom. The van der Waals surface area contributed by atoms with Gasteiger partial charge in [-0.25, -0.2) is 9.97 Å². The van der Waals surface area contributed by atoms with Crippen molar-refractivity contribution in [1.82, 2.24) is 14.5 Å². The van der Waals surface area contributed by atoms with E-state index in [1.54, 1.807) is 17.7 Å². The second kappa shape index (κ2) is 6.94. The maximum absolute atomic E-state index is 12.4. The van der Waals surface area contributed by atoms with Gasteiger partial charge in [0.15, 0.2) is 4.80 Å². The van der Waals surface area contributed by atoms with E-state index in [9.17, 15) is 4.79 Å². The lowest BCUT2D eigenvalue weighted by Crippen LogP contribution is -2.14. The van der Waals surface area contributed by atoms with Crippen LogP contribution < -0.4 is 4.80 Å². The zero-order chi connectivity index (χ0) is 18.3. The van der Waals surface area contributed by atoms with Gasteiger partial charge in [-0.1, -0.05) is 35.2 Å². The number of hydrogen-bond donors (Lipinski definition) is 0. The van der Waals surface area contributed by atoms with Gasteiger partial charge < -0.3 is 4.57 Å². The number of aryl methyl sites for hydroxylation is 3. The summed E-state index contributed by atoms with van der Waals surface area (Å²) in [5.74, 6) is 0.0998. The van der Waals surface area contributed by atoms with Crippen LogP contribution in [0.2, 0.25) is 0 Å². The summed E-state index contributed by atoms with van der Waals surface area (Å²) in [6.07, 6.45) is 1.56. The van der Waals surface area contributed by atoms with E-state index < -0.39 is 0 Å². The van der Waals surface area contributed by atoms with Crippen LogP contribution in [0.5, 0.6) is 0 Å². The van der Waals surface area contributed by atoms with Crippen molar-refractivity contribution in [3.63, 3.8) is 0 Å². The molecule has 8 heteroatoms. The highest BCUT2D eigenvalue weighted by Crippen LogP contribution is 2.34. The standard InChI is InChI=1S/C18H16N4OS3/c1-10-11(2)25-17-15(10)16(19-9-20-17)24-8-14(23)21-18-22(3)12-6-4-5-7-13(12)26-18/h4-7,9H,8H2,1-3H3. The molecule has 0 unspecified atom stereocenters. The molecule has 0 aliphatic heterocycles. The number of amides is 1. The minimum absolute atomic E-state index is 0.159. The number of carbonyl (C=O) groups excluding carboxylic acids is 1. The van der Waals surface area contributed by atoms with Gasteiger partial charge in [-0.3, -0.25) is 4.79 Å². The van der Waals surface area contributed by atoms with Crippen molar-refractivity contribution in [2.24, 2.45) is 12.0 Å². The zero-order valence-electron chi connectivity index (χ0n) is 14.5. The molecule has 1 amide bonds. The quantitative estimate of drug-likeness (QED) is 0.384. The van der Waals surface area contributed by atoms with Gasteiger partial charge in [0.1, 0.15) is 16.2 Å². The molecule has 0 bridgehead atoms. The average Bonchev–Trinajstić information content (AvgIpc) is 3.11. The minimum atomic E-state index is -0.159. The van der Waals surface area contributed by atoms with E-state index in [1.807, 2.05) is 35.9 Å². The van der Waals surface area contributed by atoms with Crippen LogP contribution in [0.25, 0.3) is 20.4 Å². The Morgan fingerprint density at radius 3 is 2.85 bits per heavy atom. The van der Waals surface area contributed by atoms with Crippen molar-refractivity contribution in [3.8, 4) is 0 Å². The highest BCUT2D eigenvalue weighted by atomic mass is 32.2. The fourth-order valence-electron chi connectivity index (χ4n) is 2.72. The summed E-state index contributed by atoms with van der Waals surface area (Å²) >= 11 is 4.61.